The number of rotatable bonds is 6. The molecule has 31 heavy (non-hydrogen) atoms. The Morgan fingerprint density at radius 3 is 2.52 bits per heavy atom. The maximum Gasteiger partial charge on any atom is 0.266 e. The molecule has 156 valence electrons. The van der Waals surface area contributed by atoms with Crippen LogP contribution in [-0.2, 0) is 4.79 Å². The SMILES string of the molecule is CCC(Sc1nc2ccccc2c(=O)n1-c1ccccc1)C(=O)Nc1cccc(C)c1. The minimum Gasteiger partial charge on any atom is -0.325 e. The van der Waals surface area contributed by atoms with Crippen molar-refractivity contribution in [2.75, 3.05) is 5.32 Å². The van der Waals surface area contributed by atoms with E-state index in [2.05, 4.69) is 5.32 Å². The van der Waals surface area contributed by atoms with Crippen molar-refractivity contribution in [3.05, 3.63) is 94.8 Å². The van der Waals surface area contributed by atoms with Crippen LogP contribution in [-0.4, -0.2) is 20.7 Å². The van der Waals surface area contributed by atoms with Crippen molar-refractivity contribution >= 4 is 34.3 Å². The summed E-state index contributed by atoms with van der Waals surface area (Å²) in [6.45, 7) is 3.94. The van der Waals surface area contributed by atoms with Gasteiger partial charge in [-0.2, -0.15) is 0 Å². The van der Waals surface area contributed by atoms with Crippen LogP contribution in [0.4, 0.5) is 5.69 Å². The molecule has 1 atom stereocenters. The van der Waals surface area contributed by atoms with E-state index in [1.807, 2.05) is 86.6 Å². The van der Waals surface area contributed by atoms with Gasteiger partial charge in [0.15, 0.2) is 5.16 Å². The Hall–Kier alpha value is -3.38. The highest BCUT2D eigenvalue weighted by Gasteiger charge is 2.22. The van der Waals surface area contributed by atoms with Crippen LogP contribution in [0.2, 0.25) is 0 Å². The molecule has 5 nitrogen and oxygen atoms in total. The van der Waals surface area contributed by atoms with Gasteiger partial charge in [0.25, 0.3) is 5.56 Å². The second-order valence-electron chi connectivity index (χ2n) is 7.26. The molecular weight excluding hydrogens is 406 g/mol. The largest absolute Gasteiger partial charge is 0.325 e. The fourth-order valence-corrected chi connectivity index (χ4v) is 4.42. The average molecular weight is 430 g/mol. The number of aryl methyl sites for hydroxylation is 1. The summed E-state index contributed by atoms with van der Waals surface area (Å²) in [7, 11) is 0. The van der Waals surface area contributed by atoms with Crippen LogP contribution in [0.1, 0.15) is 18.9 Å². The van der Waals surface area contributed by atoms with Gasteiger partial charge in [-0.15, -0.1) is 0 Å². The van der Waals surface area contributed by atoms with Crippen molar-refractivity contribution in [2.45, 2.75) is 30.7 Å². The molecule has 1 unspecified atom stereocenters. The topological polar surface area (TPSA) is 64.0 Å². The van der Waals surface area contributed by atoms with Crippen molar-refractivity contribution in [1.82, 2.24) is 9.55 Å². The van der Waals surface area contributed by atoms with E-state index in [4.69, 9.17) is 4.98 Å². The van der Waals surface area contributed by atoms with Crippen molar-refractivity contribution in [2.24, 2.45) is 0 Å². The molecule has 1 aromatic heterocycles. The molecule has 0 spiro atoms. The first-order valence-electron chi connectivity index (χ1n) is 10.2. The monoisotopic (exact) mass is 429 g/mol. The maximum atomic E-state index is 13.3. The molecule has 0 saturated carbocycles. The number of carbonyl (C=O) groups is 1. The van der Waals surface area contributed by atoms with Crippen LogP contribution >= 0.6 is 11.8 Å². The Morgan fingerprint density at radius 2 is 1.77 bits per heavy atom. The number of fused-ring (bicyclic) bond motifs is 1. The summed E-state index contributed by atoms with van der Waals surface area (Å²) >= 11 is 1.31. The van der Waals surface area contributed by atoms with Gasteiger partial charge in [0.05, 0.1) is 21.8 Å². The first-order chi connectivity index (χ1) is 15.1. The smallest absolute Gasteiger partial charge is 0.266 e. The van der Waals surface area contributed by atoms with E-state index in [1.165, 1.54) is 11.8 Å². The van der Waals surface area contributed by atoms with Crippen LogP contribution < -0.4 is 10.9 Å². The van der Waals surface area contributed by atoms with E-state index in [0.717, 1.165) is 16.9 Å². The van der Waals surface area contributed by atoms with E-state index in [-0.39, 0.29) is 11.5 Å². The number of thioether (sulfide) groups is 1. The molecule has 0 saturated heterocycles. The molecular formula is C25H23N3O2S. The van der Waals surface area contributed by atoms with Crippen molar-refractivity contribution < 1.29 is 4.79 Å². The van der Waals surface area contributed by atoms with Gasteiger partial charge in [-0.1, -0.05) is 61.2 Å². The van der Waals surface area contributed by atoms with E-state index in [0.29, 0.717) is 22.5 Å². The summed E-state index contributed by atoms with van der Waals surface area (Å²) in [5, 5.41) is 3.64. The third-order valence-corrected chi connectivity index (χ3v) is 6.27. The van der Waals surface area contributed by atoms with Gasteiger partial charge in [-0.3, -0.25) is 14.2 Å². The number of para-hydroxylation sites is 2. The van der Waals surface area contributed by atoms with Gasteiger partial charge in [-0.05, 0) is 55.3 Å². The molecule has 0 aliphatic heterocycles. The lowest BCUT2D eigenvalue weighted by Gasteiger charge is -2.18. The number of amides is 1. The Labute approximate surface area is 185 Å². The first kappa shape index (κ1) is 20.9. The van der Waals surface area contributed by atoms with Crippen molar-refractivity contribution in [1.29, 1.82) is 0 Å². The van der Waals surface area contributed by atoms with Gasteiger partial charge >= 0.3 is 0 Å². The van der Waals surface area contributed by atoms with Gasteiger partial charge in [0.1, 0.15) is 0 Å². The van der Waals surface area contributed by atoms with Gasteiger partial charge < -0.3 is 5.32 Å². The minimum absolute atomic E-state index is 0.111. The van der Waals surface area contributed by atoms with Crippen LogP contribution in [0.15, 0.2) is 88.8 Å². The summed E-state index contributed by atoms with van der Waals surface area (Å²) in [6, 6.07) is 24.4. The molecule has 1 amide bonds. The van der Waals surface area contributed by atoms with Gasteiger partial charge in [0.2, 0.25) is 5.91 Å². The van der Waals surface area contributed by atoms with Gasteiger partial charge in [-0.25, -0.2) is 4.98 Å². The standard InChI is InChI=1S/C25H23N3O2S/c1-3-22(23(29)26-18-11-9-10-17(2)16-18)31-25-27-21-15-8-7-14-20(21)24(30)28(25)19-12-5-4-6-13-19/h4-16,22H,3H2,1-2H3,(H,26,29). The average Bonchev–Trinajstić information content (AvgIpc) is 2.78. The van der Waals surface area contributed by atoms with E-state index in [9.17, 15) is 9.59 Å². The number of anilines is 1. The summed E-state index contributed by atoms with van der Waals surface area (Å²) in [5.41, 5.74) is 3.04. The fraction of sp³-hybridized carbons (Fsp3) is 0.160. The molecule has 0 fully saturated rings. The second kappa shape index (κ2) is 9.18. The molecule has 1 N–H and O–H groups in total. The van der Waals surface area contributed by atoms with Crippen LogP contribution in [0, 0.1) is 6.92 Å². The lowest BCUT2D eigenvalue weighted by molar-refractivity contribution is -0.115. The number of benzene rings is 3. The quantitative estimate of drug-likeness (QED) is 0.338. The predicted molar refractivity (Wildman–Crippen MR) is 127 cm³/mol. The van der Waals surface area contributed by atoms with E-state index >= 15 is 0 Å². The summed E-state index contributed by atoms with van der Waals surface area (Å²) in [6.07, 6.45) is 0.597. The number of nitrogens with one attached hydrogen (secondary N) is 1. The Morgan fingerprint density at radius 1 is 1.03 bits per heavy atom. The highest BCUT2D eigenvalue weighted by Crippen LogP contribution is 2.28. The molecule has 4 aromatic rings. The molecule has 1 heterocycles. The number of hydrogen-bond donors (Lipinski definition) is 1. The zero-order chi connectivity index (χ0) is 21.8. The number of carbonyl (C=O) groups excluding carboxylic acids is 1. The molecule has 0 aliphatic rings. The highest BCUT2D eigenvalue weighted by molar-refractivity contribution is 8.00. The van der Waals surface area contributed by atoms with Crippen LogP contribution in [0.5, 0.6) is 0 Å². The predicted octanol–water partition coefficient (Wildman–Crippen LogP) is 5.20. The van der Waals surface area contributed by atoms with Crippen molar-refractivity contribution in [3.63, 3.8) is 0 Å². The lowest BCUT2D eigenvalue weighted by atomic mass is 10.2. The van der Waals surface area contributed by atoms with E-state index in [1.54, 1.807) is 10.6 Å². The third-order valence-electron chi connectivity index (χ3n) is 4.96. The fourth-order valence-electron chi connectivity index (χ4n) is 3.39. The Kier molecular flexibility index (Phi) is 6.18. The summed E-state index contributed by atoms with van der Waals surface area (Å²) in [5.74, 6) is -0.111. The van der Waals surface area contributed by atoms with Crippen LogP contribution in [0.3, 0.4) is 0 Å². The Bertz CT molecular complexity index is 1280. The number of aromatic nitrogens is 2. The first-order valence-corrected chi connectivity index (χ1v) is 11.1. The molecule has 4 rings (SSSR count). The summed E-state index contributed by atoms with van der Waals surface area (Å²) < 4.78 is 1.59. The molecule has 6 heteroatoms. The highest BCUT2D eigenvalue weighted by atomic mass is 32.2. The molecule has 0 bridgehead atoms. The molecule has 0 aliphatic carbocycles. The lowest BCUT2D eigenvalue weighted by Crippen LogP contribution is -2.27. The number of hydrogen-bond acceptors (Lipinski definition) is 4. The van der Waals surface area contributed by atoms with Crippen molar-refractivity contribution in [3.8, 4) is 5.69 Å². The molecule has 3 aromatic carbocycles. The molecule has 0 radical (unpaired) electrons. The minimum atomic E-state index is -0.400. The van der Waals surface area contributed by atoms with Crippen LogP contribution in [0.25, 0.3) is 16.6 Å². The van der Waals surface area contributed by atoms with Gasteiger partial charge in [0, 0.05) is 5.69 Å². The normalized spacial score (nSPS) is 11.9. The van der Waals surface area contributed by atoms with E-state index < -0.39 is 5.25 Å². The zero-order valence-electron chi connectivity index (χ0n) is 17.4. The summed E-state index contributed by atoms with van der Waals surface area (Å²) in [4.78, 5) is 31.1. The number of nitrogens with zero attached hydrogens (tertiary/aromatic N) is 2. The second-order valence-corrected chi connectivity index (χ2v) is 8.43. The maximum absolute atomic E-state index is 13.3. The Balaban J connectivity index is 1.74. The zero-order valence-corrected chi connectivity index (χ0v) is 18.2. The third kappa shape index (κ3) is 4.54.